The SMILES string of the molecule is C[C@@H](N)C(=O)NC1(C)CCCC1. The zero-order chi connectivity index (χ0) is 9.19. The summed E-state index contributed by atoms with van der Waals surface area (Å²) < 4.78 is 0. The van der Waals surface area contributed by atoms with E-state index >= 15 is 0 Å². The van der Waals surface area contributed by atoms with Crippen molar-refractivity contribution in [1.29, 1.82) is 0 Å². The van der Waals surface area contributed by atoms with Crippen molar-refractivity contribution in [3.8, 4) is 0 Å². The van der Waals surface area contributed by atoms with Crippen LogP contribution in [-0.2, 0) is 4.79 Å². The maximum Gasteiger partial charge on any atom is 0.237 e. The lowest BCUT2D eigenvalue weighted by Crippen LogP contribution is -2.49. The summed E-state index contributed by atoms with van der Waals surface area (Å²) in [5.74, 6) is -0.0283. The van der Waals surface area contributed by atoms with Crippen LogP contribution < -0.4 is 11.1 Å². The second-order valence-corrected chi connectivity index (χ2v) is 4.05. The molecule has 0 unspecified atom stereocenters. The number of carbonyl (C=O) groups is 1. The third kappa shape index (κ3) is 2.21. The van der Waals surface area contributed by atoms with Gasteiger partial charge in [0.05, 0.1) is 6.04 Å². The van der Waals surface area contributed by atoms with Crippen molar-refractivity contribution in [2.24, 2.45) is 5.73 Å². The molecule has 1 saturated carbocycles. The Morgan fingerprint density at radius 2 is 2.00 bits per heavy atom. The van der Waals surface area contributed by atoms with Crippen LogP contribution in [0.25, 0.3) is 0 Å². The predicted molar refractivity (Wildman–Crippen MR) is 48.7 cm³/mol. The van der Waals surface area contributed by atoms with E-state index in [9.17, 15) is 4.79 Å². The van der Waals surface area contributed by atoms with E-state index in [0.29, 0.717) is 0 Å². The van der Waals surface area contributed by atoms with Gasteiger partial charge in [0.1, 0.15) is 0 Å². The van der Waals surface area contributed by atoms with Crippen LogP contribution >= 0.6 is 0 Å². The normalized spacial score (nSPS) is 23.6. The Morgan fingerprint density at radius 1 is 1.50 bits per heavy atom. The van der Waals surface area contributed by atoms with Crippen molar-refractivity contribution in [3.63, 3.8) is 0 Å². The second kappa shape index (κ2) is 3.44. The van der Waals surface area contributed by atoms with Gasteiger partial charge in [-0.3, -0.25) is 4.79 Å². The molecule has 0 aromatic rings. The first-order chi connectivity index (χ1) is 5.53. The lowest BCUT2D eigenvalue weighted by molar-refractivity contribution is -0.123. The summed E-state index contributed by atoms with van der Waals surface area (Å²) in [6.07, 6.45) is 4.61. The Kier molecular flexibility index (Phi) is 2.73. The van der Waals surface area contributed by atoms with Crippen molar-refractivity contribution in [1.82, 2.24) is 5.32 Å². The van der Waals surface area contributed by atoms with Crippen LogP contribution in [0.2, 0.25) is 0 Å². The molecule has 1 atom stereocenters. The Morgan fingerprint density at radius 3 is 2.42 bits per heavy atom. The molecule has 1 amide bonds. The maximum absolute atomic E-state index is 11.3. The Balaban J connectivity index is 2.44. The average Bonchev–Trinajstić information content (AvgIpc) is 2.35. The van der Waals surface area contributed by atoms with Crippen molar-refractivity contribution in [2.45, 2.75) is 51.1 Å². The van der Waals surface area contributed by atoms with Crippen LogP contribution in [0, 0.1) is 0 Å². The van der Waals surface area contributed by atoms with Crippen molar-refractivity contribution < 1.29 is 4.79 Å². The van der Waals surface area contributed by atoms with Gasteiger partial charge in [-0.15, -0.1) is 0 Å². The number of hydrogen-bond donors (Lipinski definition) is 2. The average molecular weight is 170 g/mol. The molecule has 0 aromatic carbocycles. The van der Waals surface area contributed by atoms with Crippen LogP contribution in [0.1, 0.15) is 39.5 Å². The highest BCUT2D eigenvalue weighted by Gasteiger charge is 2.30. The van der Waals surface area contributed by atoms with E-state index in [-0.39, 0.29) is 17.5 Å². The van der Waals surface area contributed by atoms with E-state index in [1.54, 1.807) is 6.92 Å². The lowest BCUT2D eigenvalue weighted by atomic mass is 10.0. The lowest BCUT2D eigenvalue weighted by Gasteiger charge is -2.26. The van der Waals surface area contributed by atoms with E-state index in [2.05, 4.69) is 12.2 Å². The van der Waals surface area contributed by atoms with Gasteiger partial charge in [-0.25, -0.2) is 0 Å². The number of nitrogens with two attached hydrogens (primary N) is 1. The van der Waals surface area contributed by atoms with Gasteiger partial charge in [0.25, 0.3) is 0 Å². The summed E-state index contributed by atoms with van der Waals surface area (Å²) in [4.78, 5) is 11.3. The molecule has 1 aliphatic carbocycles. The molecule has 0 aliphatic heterocycles. The maximum atomic E-state index is 11.3. The zero-order valence-electron chi connectivity index (χ0n) is 7.89. The quantitative estimate of drug-likeness (QED) is 0.643. The Bertz CT molecular complexity index is 171. The van der Waals surface area contributed by atoms with Crippen LogP contribution in [0.5, 0.6) is 0 Å². The Labute approximate surface area is 73.7 Å². The van der Waals surface area contributed by atoms with Gasteiger partial charge in [0, 0.05) is 5.54 Å². The summed E-state index contributed by atoms with van der Waals surface area (Å²) in [5.41, 5.74) is 5.48. The number of rotatable bonds is 2. The fourth-order valence-corrected chi connectivity index (χ4v) is 1.69. The van der Waals surface area contributed by atoms with Crippen LogP contribution in [0.4, 0.5) is 0 Å². The van der Waals surface area contributed by atoms with Gasteiger partial charge in [-0.1, -0.05) is 12.8 Å². The van der Waals surface area contributed by atoms with Crippen LogP contribution in [-0.4, -0.2) is 17.5 Å². The summed E-state index contributed by atoms with van der Waals surface area (Å²) in [5, 5.41) is 2.99. The van der Waals surface area contributed by atoms with Gasteiger partial charge < -0.3 is 11.1 Å². The van der Waals surface area contributed by atoms with E-state index in [4.69, 9.17) is 5.73 Å². The van der Waals surface area contributed by atoms with Gasteiger partial charge in [0.2, 0.25) is 5.91 Å². The smallest absolute Gasteiger partial charge is 0.237 e. The minimum Gasteiger partial charge on any atom is -0.350 e. The summed E-state index contributed by atoms with van der Waals surface area (Å²) in [6.45, 7) is 3.81. The molecule has 0 aromatic heterocycles. The largest absolute Gasteiger partial charge is 0.350 e. The minimum atomic E-state index is -0.387. The number of amides is 1. The number of carbonyl (C=O) groups excluding carboxylic acids is 1. The van der Waals surface area contributed by atoms with E-state index in [1.807, 2.05) is 0 Å². The Hall–Kier alpha value is -0.570. The molecule has 70 valence electrons. The van der Waals surface area contributed by atoms with Gasteiger partial charge in [-0.05, 0) is 26.7 Å². The molecule has 0 heterocycles. The highest BCUT2D eigenvalue weighted by molar-refractivity contribution is 5.81. The summed E-state index contributed by atoms with van der Waals surface area (Å²) in [7, 11) is 0. The van der Waals surface area contributed by atoms with Crippen LogP contribution in [0.3, 0.4) is 0 Å². The molecule has 3 nitrogen and oxygen atoms in total. The van der Waals surface area contributed by atoms with E-state index in [1.165, 1.54) is 12.8 Å². The monoisotopic (exact) mass is 170 g/mol. The standard InChI is InChI=1S/C9H18N2O/c1-7(10)8(12)11-9(2)5-3-4-6-9/h7H,3-6,10H2,1-2H3,(H,11,12)/t7-/m1/s1. The van der Waals surface area contributed by atoms with Crippen molar-refractivity contribution >= 4 is 5.91 Å². The highest BCUT2D eigenvalue weighted by atomic mass is 16.2. The molecule has 12 heavy (non-hydrogen) atoms. The van der Waals surface area contributed by atoms with Crippen molar-refractivity contribution in [2.75, 3.05) is 0 Å². The van der Waals surface area contributed by atoms with Crippen molar-refractivity contribution in [3.05, 3.63) is 0 Å². The number of nitrogens with one attached hydrogen (secondary N) is 1. The second-order valence-electron chi connectivity index (χ2n) is 4.05. The minimum absolute atomic E-state index is 0.0186. The molecule has 1 fully saturated rings. The van der Waals surface area contributed by atoms with Gasteiger partial charge >= 0.3 is 0 Å². The topological polar surface area (TPSA) is 55.1 Å². The van der Waals surface area contributed by atoms with Gasteiger partial charge in [-0.2, -0.15) is 0 Å². The molecule has 0 saturated heterocycles. The number of hydrogen-bond acceptors (Lipinski definition) is 2. The van der Waals surface area contributed by atoms with E-state index < -0.39 is 0 Å². The highest BCUT2D eigenvalue weighted by Crippen LogP contribution is 2.28. The third-order valence-electron chi connectivity index (χ3n) is 2.55. The molecule has 1 rings (SSSR count). The molecule has 1 aliphatic rings. The third-order valence-corrected chi connectivity index (χ3v) is 2.55. The first-order valence-corrected chi connectivity index (χ1v) is 4.61. The first kappa shape index (κ1) is 9.52. The fraction of sp³-hybridized carbons (Fsp3) is 0.889. The molecule has 3 heteroatoms. The zero-order valence-corrected chi connectivity index (χ0v) is 7.89. The molecule has 0 spiro atoms. The summed E-state index contributed by atoms with van der Waals surface area (Å²) >= 11 is 0. The molecular weight excluding hydrogens is 152 g/mol. The molecule has 0 bridgehead atoms. The first-order valence-electron chi connectivity index (χ1n) is 4.61. The van der Waals surface area contributed by atoms with E-state index in [0.717, 1.165) is 12.8 Å². The predicted octanol–water partition coefficient (Wildman–Crippen LogP) is 0.782. The van der Waals surface area contributed by atoms with Gasteiger partial charge in [0.15, 0.2) is 0 Å². The molecule has 0 radical (unpaired) electrons. The summed E-state index contributed by atoms with van der Waals surface area (Å²) in [6, 6.07) is -0.387. The fourth-order valence-electron chi connectivity index (χ4n) is 1.69. The van der Waals surface area contributed by atoms with Crippen LogP contribution in [0.15, 0.2) is 0 Å². The molecular formula is C9H18N2O. The molecule has 3 N–H and O–H groups in total.